The van der Waals surface area contributed by atoms with Gasteiger partial charge in [-0.25, -0.2) is 4.79 Å². The van der Waals surface area contributed by atoms with E-state index in [0.717, 1.165) is 5.56 Å². The van der Waals surface area contributed by atoms with Crippen LogP contribution in [-0.4, -0.2) is 5.97 Å². The molecule has 0 saturated heterocycles. The quantitative estimate of drug-likeness (QED) is 0.317. The van der Waals surface area contributed by atoms with Gasteiger partial charge in [0.1, 0.15) is 0 Å². The Hall–Kier alpha value is -3.58. The first-order valence-corrected chi connectivity index (χ1v) is 8.14. The first-order chi connectivity index (χ1) is 12.6. The number of carbonyl (C=O) groups excluding carboxylic acids is 1. The molecule has 0 saturated carbocycles. The SMILES string of the molecule is CC(C#Cc1ccccc1)(OC(=O)c1ccccc1)c1cccc[n+]1[O-]. The molecule has 3 rings (SSSR count). The largest absolute Gasteiger partial charge is 0.618 e. The molecule has 1 atom stereocenters. The van der Waals surface area contributed by atoms with Gasteiger partial charge in [0.2, 0.25) is 5.69 Å². The molecule has 1 unspecified atom stereocenters. The number of nitrogens with zero attached hydrogens (tertiary/aromatic N) is 1. The second-order valence-electron chi connectivity index (χ2n) is 5.82. The molecule has 0 fully saturated rings. The lowest BCUT2D eigenvalue weighted by Gasteiger charge is -2.22. The Bertz CT molecular complexity index is 959. The summed E-state index contributed by atoms with van der Waals surface area (Å²) in [6, 6.07) is 22.9. The molecule has 0 bridgehead atoms. The van der Waals surface area contributed by atoms with Crippen LogP contribution in [0, 0.1) is 17.0 Å². The molecule has 0 N–H and O–H groups in total. The third kappa shape index (κ3) is 3.90. The zero-order valence-corrected chi connectivity index (χ0v) is 14.3. The summed E-state index contributed by atoms with van der Waals surface area (Å²) in [5.41, 5.74) is 0.00961. The van der Waals surface area contributed by atoms with Gasteiger partial charge in [0.25, 0.3) is 5.60 Å². The number of hydrogen-bond donors (Lipinski definition) is 0. The van der Waals surface area contributed by atoms with Crippen molar-refractivity contribution in [1.29, 1.82) is 0 Å². The standard InChI is InChI=1S/C22H17NO3/c1-22(20-14-8-9-17-23(20)25,16-15-18-10-4-2-5-11-18)26-21(24)19-12-6-3-7-13-19/h2-14,17H,1H3. The van der Waals surface area contributed by atoms with Gasteiger partial charge in [-0.1, -0.05) is 42.3 Å². The molecular formula is C22H17NO3. The molecule has 0 aliphatic heterocycles. The second kappa shape index (κ2) is 7.54. The molecule has 26 heavy (non-hydrogen) atoms. The van der Waals surface area contributed by atoms with Crippen molar-refractivity contribution < 1.29 is 14.3 Å². The zero-order valence-electron chi connectivity index (χ0n) is 14.3. The van der Waals surface area contributed by atoms with Gasteiger partial charge in [0.15, 0.2) is 6.20 Å². The fraction of sp³-hybridized carbons (Fsp3) is 0.0909. The van der Waals surface area contributed by atoms with E-state index in [1.165, 1.54) is 6.20 Å². The van der Waals surface area contributed by atoms with Crippen LogP contribution in [0.5, 0.6) is 0 Å². The van der Waals surface area contributed by atoms with Gasteiger partial charge in [-0.15, -0.1) is 0 Å². The van der Waals surface area contributed by atoms with Crippen molar-refractivity contribution in [3.8, 4) is 11.8 Å². The van der Waals surface area contributed by atoms with Crippen LogP contribution in [0.25, 0.3) is 0 Å². The Morgan fingerprint density at radius 3 is 2.23 bits per heavy atom. The summed E-state index contributed by atoms with van der Waals surface area (Å²) in [6.45, 7) is 1.62. The minimum Gasteiger partial charge on any atom is -0.618 e. The molecule has 1 aromatic heterocycles. The van der Waals surface area contributed by atoms with E-state index in [-0.39, 0.29) is 5.69 Å². The van der Waals surface area contributed by atoms with E-state index in [1.807, 2.05) is 36.4 Å². The third-order valence-electron chi connectivity index (χ3n) is 3.84. The number of carbonyl (C=O) groups is 1. The fourth-order valence-corrected chi connectivity index (χ4v) is 2.47. The Labute approximate surface area is 152 Å². The van der Waals surface area contributed by atoms with E-state index in [4.69, 9.17) is 4.74 Å². The number of hydrogen-bond acceptors (Lipinski definition) is 3. The topological polar surface area (TPSA) is 53.2 Å². The lowest BCUT2D eigenvalue weighted by atomic mass is 10.0. The van der Waals surface area contributed by atoms with Crippen LogP contribution in [0.15, 0.2) is 85.1 Å². The molecular weight excluding hydrogens is 326 g/mol. The van der Waals surface area contributed by atoms with Crippen molar-refractivity contribution in [1.82, 2.24) is 0 Å². The smallest absolute Gasteiger partial charge is 0.340 e. The van der Waals surface area contributed by atoms with Gasteiger partial charge in [-0.05, 0) is 43.2 Å². The number of pyridine rings is 1. The Balaban J connectivity index is 2.01. The van der Waals surface area contributed by atoms with Crippen LogP contribution in [0.4, 0.5) is 0 Å². The number of rotatable bonds is 3. The first kappa shape index (κ1) is 17.2. The van der Waals surface area contributed by atoms with Gasteiger partial charge >= 0.3 is 5.97 Å². The molecule has 4 heteroatoms. The summed E-state index contributed by atoms with van der Waals surface area (Å²) in [5.74, 6) is 5.40. The molecule has 0 aliphatic carbocycles. The molecule has 0 spiro atoms. The minimum atomic E-state index is -1.40. The lowest BCUT2D eigenvalue weighted by molar-refractivity contribution is -0.620. The fourth-order valence-electron chi connectivity index (χ4n) is 2.47. The zero-order chi connectivity index (χ0) is 18.4. The molecule has 0 radical (unpaired) electrons. The van der Waals surface area contributed by atoms with Crippen LogP contribution >= 0.6 is 0 Å². The van der Waals surface area contributed by atoms with E-state index < -0.39 is 11.6 Å². The minimum absolute atomic E-state index is 0.243. The van der Waals surface area contributed by atoms with Crippen LogP contribution in [0.3, 0.4) is 0 Å². The molecule has 0 aliphatic rings. The lowest BCUT2D eigenvalue weighted by Crippen LogP contribution is -2.42. The summed E-state index contributed by atoms with van der Waals surface area (Å²) in [6.07, 6.45) is 1.36. The second-order valence-corrected chi connectivity index (χ2v) is 5.82. The van der Waals surface area contributed by atoms with E-state index in [2.05, 4.69) is 11.8 Å². The molecule has 128 valence electrons. The van der Waals surface area contributed by atoms with Crippen molar-refractivity contribution in [3.05, 3.63) is 107 Å². The van der Waals surface area contributed by atoms with Crippen molar-refractivity contribution >= 4 is 5.97 Å². The van der Waals surface area contributed by atoms with E-state index in [1.54, 1.807) is 49.4 Å². The average molecular weight is 343 g/mol. The summed E-state index contributed by atoms with van der Waals surface area (Å²) in [4.78, 5) is 12.6. The van der Waals surface area contributed by atoms with Crippen molar-refractivity contribution in [2.45, 2.75) is 12.5 Å². The highest BCUT2D eigenvalue weighted by Gasteiger charge is 2.36. The van der Waals surface area contributed by atoms with Gasteiger partial charge in [0, 0.05) is 17.7 Å². The number of aromatic nitrogens is 1. The van der Waals surface area contributed by atoms with Crippen molar-refractivity contribution in [2.75, 3.05) is 0 Å². The monoisotopic (exact) mass is 343 g/mol. The van der Waals surface area contributed by atoms with E-state index in [0.29, 0.717) is 10.3 Å². The number of ether oxygens (including phenoxy) is 1. The predicted octanol–water partition coefficient (Wildman–Crippen LogP) is 3.44. The Morgan fingerprint density at radius 1 is 0.962 bits per heavy atom. The van der Waals surface area contributed by atoms with E-state index >= 15 is 0 Å². The first-order valence-electron chi connectivity index (χ1n) is 8.14. The van der Waals surface area contributed by atoms with Gasteiger partial charge in [-0.3, -0.25) is 0 Å². The highest BCUT2D eigenvalue weighted by Crippen LogP contribution is 2.24. The molecule has 1 heterocycles. The highest BCUT2D eigenvalue weighted by atomic mass is 16.6. The predicted molar refractivity (Wildman–Crippen MR) is 97.9 cm³/mol. The van der Waals surface area contributed by atoms with Gasteiger partial charge in [-0.2, -0.15) is 4.73 Å². The third-order valence-corrected chi connectivity index (χ3v) is 3.84. The maximum Gasteiger partial charge on any atom is 0.340 e. The molecule has 2 aromatic carbocycles. The summed E-state index contributed by atoms with van der Waals surface area (Å²) < 4.78 is 6.34. The van der Waals surface area contributed by atoms with Gasteiger partial charge in [0.05, 0.1) is 5.56 Å². The normalized spacial score (nSPS) is 12.3. The van der Waals surface area contributed by atoms with Crippen LogP contribution in [0.2, 0.25) is 0 Å². The Kier molecular flexibility index (Phi) is 5.00. The van der Waals surface area contributed by atoms with Crippen molar-refractivity contribution in [3.63, 3.8) is 0 Å². The molecule has 4 nitrogen and oxygen atoms in total. The van der Waals surface area contributed by atoms with Gasteiger partial charge < -0.3 is 9.94 Å². The maximum absolute atomic E-state index is 12.6. The maximum atomic E-state index is 12.6. The number of esters is 1. The summed E-state index contributed by atoms with van der Waals surface area (Å²) >= 11 is 0. The molecule has 3 aromatic rings. The van der Waals surface area contributed by atoms with Crippen molar-refractivity contribution in [2.24, 2.45) is 0 Å². The number of benzene rings is 2. The average Bonchev–Trinajstić information content (AvgIpc) is 2.68. The van der Waals surface area contributed by atoms with Crippen LogP contribution in [-0.2, 0) is 10.3 Å². The van der Waals surface area contributed by atoms with E-state index in [9.17, 15) is 10.0 Å². The van der Waals surface area contributed by atoms with Crippen LogP contribution in [0.1, 0.15) is 28.5 Å². The summed E-state index contributed by atoms with van der Waals surface area (Å²) in [5, 5.41) is 12.3. The van der Waals surface area contributed by atoms with Crippen LogP contribution < -0.4 is 4.73 Å². The molecule has 0 amide bonds. The highest BCUT2D eigenvalue weighted by molar-refractivity contribution is 5.89. The summed E-state index contributed by atoms with van der Waals surface area (Å²) in [7, 11) is 0. The Morgan fingerprint density at radius 2 is 1.58 bits per heavy atom.